The fraction of sp³-hybridized carbons (Fsp3) is 0.182. The van der Waals surface area contributed by atoms with Crippen LogP contribution in [0, 0.1) is 29.5 Å². The van der Waals surface area contributed by atoms with Crippen LogP contribution in [0.5, 0.6) is 0 Å². The minimum atomic E-state index is -0.778. The van der Waals surface area contributed by atoms with Gasteiger partial charge in [-0.2, -0.15) is 5.26 Å². The van der Waals surface area contributed by atoms with Crippen LogP contribution in [0.3, 0.4) is 0 Å². The van der Waals surface area contributed by atoms with E-state index in [2.05, 4.69) is 11.2 Å². The number of hydrogen-bond acceptors (Lipinski definition) is 2. The monoisotopic (exact) mass is 222 g/mol. The van der Waals surface area contributed by atoms with Gasteiger partial charge in [-0.25, -0.2) is 4.39 Å². The highest BCUT2D eigenvalue weighted by atomic mass is 35.5. The van der Waals surface area contributed by atoms with Crippen LogP contribution < -0.4 is 5.32 Å². The van der Waals surface area contributed by atoms with E-state index in [4.69, 9.17) is 23.3 Å². The van der Waals surface area contributed by atoms with Crippen LogP contribution in [-0.4, -0.2) is 6.54 Å². The van der Waals surface area contributed by atoms with Crippen molar-refractivity contribution in [3.8, 4) is 18.4 Å². The molecule has 0 bridgehead atoms. The number of terminal acetylenes is 1. The highest BCUT2D eigenvalue weighted by molar-refractivity contribution is 6.30. The third kappa shape index (κ3) is 2.95. The summed E-state index contributed by atoms with van der Waals surface area (Å²) >= 11 is 5.71. The van der Waals surface area contributed by atoms with E-state index in [-0.39, 0.29) is 12.1 Å². The second-order valence-electron chi connectivity index (χ2n) is 2.81. The molecule has 0 aliphatic rings. The van der Waals surface area contributed by atoms with Gasteiger partial charge in [-0.3, -0.25) is 5.32 Å². The van der Waals surface area contributed by atoms with Crippen LogP contribution in [0.25, 0.3) is 0 Å². The van der Waals surface area contributed by atoms with Gasteiger partial charge in [-0.1, -0.05) is 17.5 Å². The molecule has 1 aromatic carbocycles. The molecule has 15 heavy (non-hydrogen) atoms. The number of hydrogen-bond donors (Lipinski definition) is 1. The Bertz CT molecular complexity index is 431. The predicted octanol–water partition coefficient (Wildman–Crippen LogP) is 2.27. The van der Waals surface area contributed by atoms with Crippen molar-refractivity contribution >= 4 is 11.6 Å². The summed E-state index contributed by atoms with van der Waals surface area (Å²) in [6.45, 7) is 0.199. The zero-order valence-corrected chi connectivity index (χ0v) is 8.55. The summed E-state index contributed by atoms with van der Waals surface area (Å²) in [5.74, 6) is 1.84. The summed E-state index contributed by atoms with van der Waals surface area (Å²) in [4.78, 5) is 0. The topological polar surface area (TPSA) is 35.8 Å². The fourth-order valence-corrected chi connectivity index (χ4v) is 1.30. The van der Waals surface area contributed by atoms with Gasteiger partial charge in [0.25, 0.3) is 0 Å². The maximum Gasteiger partial charge on any atom is 0.129 e. The van der Waals surface area contributed by atoms with E-state index in [9.17, 15) is 4.39 Å². The molecule has 0 fully saturated rings. The molecule has 0 saturated heterocycles. The van der Waals surface area contributed by atoms with E-state index < -0.39 is 11.9 Å². The third-order valence-corrected chi connectivity index (χ3v) is 2.04. The third-order valence-electron chi connectivity index (χ3n) is 1.81. The Hall–Kier alpha value is -1.55. The molecule has 0 radical (unpaired) electrons. The highest BCUT2D eigenvalue weighted by Gasteiger charge is 2.14. The largest absolute Gasteiger partial charge is 0.287 e. The number of nitrogens with one attached hydrogen (secondary N) is 1. The molecule has 76 valence electrons. The maximum absolute atomic E-state index is 13.3. The average Bonchev–Trinajstić information content (AvgIpc) is 2.24. The molecule has 1 N–H and O–H groups in total. The van der Waals surface area contributed by atoms with Gasteiger partial charge >= 0.3 is 0 Å². The van der Waals surface area contributed by atoms with Gasteiger partial charge in [0.15, 0.2) is 0 Å². The Labute approximate surface area is 92.7 Å². The number of benzene rings is 1. The first-order valence-electron chi connectivity index (χ1n) is 4.20. The van der Waals surface area contributed by atoms with Gasteiger partial charge in [0.1, 0.15) is 11.9 Å². The summed E-state index contributed by atoms with van der Waals surface area (Å²) in [5.41, 5.74) is 0.209. The molecular weight excluding hydrogens is 215 g/mol. The molecule has 0 aliphatic carbocycles. The summed E-state index contributed by atoms with van der Waals surface area (Å²) in [6, 6.07) is 5.20. The average molecular weight is 223 g/mol. The molecule has 0 aromatic heterocycles. The lowest BCUT2D eigenvalue weighted by molar-refractivity contribution is 0.579. The summed E-state index contributed by atoms with van der Waals surface area (Å²) < 4.78 is 13.3. The van der Waals surface area contributed by atoms with Crippen LogP contribution in [0.4, 0.5) is 4.39 Å². The lowest BCUT2D eigenvalue weighted by atomic mass is 10.1. The van der Waals surface area contributed by atoms with Crippen molar-refractivity contribution in [3.05, 3.63) is 34.6 Å². The Morgan fingerprint density at radius 3 is 2.93 bits per heavy atom. The zero-order chi connectivity index (χ0) is 11.3. The second-order valence-corrected chi connectivity index (χ2v) is 3.25. The van der Waals surface area contributed by atoms with Gasteiger partial charge in [-0.05, 0) is 18.2 Å². The lowest BCUT2D eigenvalue weighted by Crippen LogP contribution is -2.21. The Kier molecular flexibility index (Phi) is 4.12. The normalized spacial score (nSPS) is 11.5. The summed E-state index contributed by atoms with van der Waals surface area (Å²) in [7, 11) is 0. The van der Waals surface area contributed by atoms with E-state index in [1.807, 2.05) is 6.07 Å². The second kappa shape index (κ2) is 5.36. The van der Waals surface area contributed by atoms with Crippen LogP contribution in [-0.2, 0) is 0 Å². The number of halogens is 2. The van der Waals surface area contributed by atoms with Gasteiger partial charge in [0.05, 0.1) is 12.6 Å². The molecule has 0 amide bonds. The first-order valence-corrected chi connectivity index (χ1v) is 4.58. The first-order chi connectivity index (χ1) is 7.19. The van der Waals surface area contributed by atoms with E-state index in [0.717, 1.165) is 0 Å². The Balaban J connectivity index is 2.97. The number of nitrogens with zero attached hydrogens (tertiary/aromatic N) is 1. The molecule has 1 unspecified atom stereocenters. The molecule has 0 heterocycles. The van der Waals surface area contributed by atoms with Crippen molar-refractivity contribution in [2.75, 3.05) is 6.54 Å². The van der Waals surface area contributed by atoms with Crippen molar-refractivity contribution in [2.24, 2.45) is 0 Å². The van der Waals surface area contributed by atoms with Crippen LogP contribution in [0.1, 0.15) is 11.6 Å². The molecule has 2 nitrogen and oxygen atoms in total. The van der Waals surface area contributed by atoms with E-state index in [0.29, 0.717) is 5.02 Å². The van der Waals surface area contributed by atoms with Gasteiger partial charge in [0.2, 0.25) is 0 Å². The van der Waals surface area contributed by atoms with E-state index >= 15 is 0 Å². The van der Waals surface area contributed by atoms with Gasteiger partial charge < -0.3 is 0 Å². The quantitative estimate of drug-likeness (QED) is 0.797. The predicted molar refractivity (Wildman–Crippen MR) is 56.6 cm³/mol. The smallest absolute Gasteiger partial charge is 0.129 e. The minimum Gasteiger partial charge on any atom is -0.287 e. The zero-order valence-electron chi connectivity index (χ0n) is 7.80. The molecule has 0 aliphatic heterocycles. The first kappa shape index (κ1) is 11.5. The number of nitriles is 1. The molecule has 4 heteroatoms. The molecule has 0 saturated carbocycles. The lowest BCUT2D eigenvalue weighted by Gasteiger charge is -2.10. The molecular formula is C11H8ClFN2. The van der Waals surface area contributed by atoms with Gasteiger partial charge in [-0.15, -0.1) is 6.42 Å². The molecule has 1 rings (SSSR count). The van der Waals surface area contributed by atoms with Crippen molar-refractivity contribution in [2.45, 2.75) is 6.04 Å². The maximum atomic E-state index is 13.3. The summed E-state index contributed by atoms with van der Waals surface area (Å²) in [5, 5.41) is 11.9. The number of rotatable bonds is 3. The Morgan fingerprint density at radius 2 is 2.33 bits per heavy atom. The van der Waals surface area contributed by atoms with Crippen molar-refractivity contribution in [1.29, 1.82) is 5.26 Å². The molecule has 0 spiro atoms. The molecule has 1 atom stereocenters. The fourth-order valence-electron chi connectivity index (χ4n) is 1.12. The van der Waals surface area contributed by atoms with E-state index in [1.54, 1.807) is 0 Å². The van der Waals surface area contributed by atoms with Crippen molar-refractivity contribution in [1.82, 2.24) is 5.32 Å². The standard InChI is InChI=1S/C11H8ClFN2/c1-2-5-15-11(7-14)9-6-8(12)3-4-10(9)13/h1,3-4,6,11,15H,5H2. The van der Waals surface area contributed by atoms with Crippen LogP contribution in [0.15, 0.2) is 18.2 Å². The summed E-state index contributed by atoms with van der Waals surface area (Å²) in [6.07, 6.45) is 5.04. The van der Waals surface area contributed by atoms with E-state index in [1.165, 1.54) is 18.2 Å². The van der Waals surface area contributed by atoms with Crippen LogP contribution >= 0.6 is 11.6 Å². The molecule has 1 aromatic rings. The highest BCUT2D eigenvalue weighted by Crippen LogP contribution is 2.20. The Morgan fingerprint density at radius 1 is 1.60 bits per heavy atom. The van der Waals surface area contributed by atoms with Gasteiger partial charge in [0, 0.05) is 10.6 Å². The SMILES string of the molecule is C#CCNC(C#N)c1cc(Cl)ccc1F. The minimum absolute atomic E-state index is 0.199. The van der Waals surface area contributed by atoms with Crippen LogP contribution in [0.2, 0.25) is 5.02 Å². The van der Waals surface area contributed by atoms with Crippen molar-refractivity contribution in [3.63, 3.8) is 0 Å². The van der Waals surface area contributed by atoms with Crippen molar-refractivity contribution < 1.29 is 4.39 Å².